The maximum Gasteiger partial charge on any atom is 0.326 e. The zero-order chi connectivity index (χ0) is 18.2. The Morgan fingerprint density at radius 1 is 1.36 bits per heavy atom. The average molecular weight is 370 g/mol. The monoisotopic (exact) mass is 370 g/mol. The summed E-state index contributed by atoms with van der Waals surface area (Å²) in [6, 6.07) is 1.75. The molecule has 0 saturated carbocycles. The van der Waals surface area contributed by atoms with Crippen molar-refractivity contribution in [3.8, 4) is 5.75 Å². The van der Waals surface area contributed by atoms with Gasteiger partial charge in [-0.25, -0.2) is 13.4 Å². The lowest BCUT2D eigenvalue weighted by atomic mass is 10.1. The van der Waals surface area contributed by atoms with Gasteiger partial charge in [0.1, 0.15) is 18.0 Å². The topological polar surface area (TPSA) is 128 Å². The SMILES string of the molecule is O=C1CN(c2c(O)cc(C(=O)NC3=CCCNC3)cc2F)S(=O)(=O)N1. The highest BCUT2D eigenvalue weighted by Gasteiger charge is 2.37. The van der Waals surface area contributed by atoms with E-state index in [9.17, 15) is 27.5 Å². The van der Waals surface area contributed by atoms with Gasteiger partial charge in [-0.15, -0.1) is 0 Å². The summed E-state index contributed by atoms with van der Waals surface area (Å²) >= 11 is 0. The van der Waals surface area contributed by atoms with Gasteiger partial charge in [-0.3, -0.25) is 9.59 Å². The Morgan fingerprint density at radius 3 is 2.68 bits per heavy atom. The first kappa shape index (κ1) is 17.2. The molecule has 11 heteroatoms. The van der Waals surface area contributed by atoms with Gasteiger partial charge >= 0.3 is 10.2 Å². The van der Waals surface area contributed by atoms with Crippen LogP contribution in [0.5, 0.6) is 5.75 Å². The lowest BCUT2D eigenvalue weighted by Gasteiger charge is -2.18. The number of halogens is 1. The predicted molar refractivity (Wildman–Crippen MR) is 85.5 cm³/mol. The van der Waals surface area contributed by atoms with Gasteiger partial charge in [0.2, 0.25) is 0 Å². The second-order valence-corrected chi connectivity index (χ2v) is 7.11. The third-order valence-electron chi connectivity index (χ3n) is 3.68. The highest BCUT2D eigenvalue weighted by molar-refractivity contribution is 7.92. The van der Waals surface area contributed by atoms with Gasteiger partial charge in [0.15, 0.2) is 5.82 Å². The molecule has 1 aromatic rings. The number of carbonyl (C=O) groups excluding carboxylic acids is 2. The Hall–Kier alpha value is -2.66. The number of phenols is 1. The van der Waals surface area contributed by atoms with Crippen molar-refractivity contribution in [2.45, 2.75) is 6.42 Å². The highest BCUT2D eigenvalue weighted by atomic mass is 32.2. The number of hydrogen-bond donors (Lipinski definition) is 4. The number of nitrogens with one attached hydrogen (secondary N) is 3. The third-order valence-corrected chi connectivity index (χ3v) is 5.05. The molecule has 3 rings (SSSR count). The molecular formula is C14H15FN4O5S. The summed E-state index contributed by atoms with van der Waals surface area (Å²) < 4.78 is 40.0. The van der Waals surface area contributed by atoms with E-state index in [1.165, 1.54) is 0 Å². The number of nitrogens with zero attached hydrogens (tertiary/aromatic N) is 1. The van der Waals surface area contributed by atoms with Crippen molar-refractivity contribution in [1.29, 1.82) is 0 Å². The molecule has 0 unspecified atom stereocenters. The maximum atomic E-state index is 14.4. The van der Waals surface area contributed by atoms with E-state index in [1.807, 2.05) is 6.08 Å². The minimum atomic E-state index is -4.27. The van der Waals surface area contributed by atoms with Crippen molar-refractivity contribution in [1.82, 2.24) is 15.4 Å². The van der Waals surface area contributed by atoms with Crippen LogP contribution in [0.4, 0.5) is 10.1 Å². The standard InChI is InChI=1S/C14H15FN4O5S/c15-10-4-8(14(22)17-9-2-1-3-16-6-9)5-11(20)13(10)19-7-12(21)18-25(19,23)24/h2,4-5,16,20H,1,3,6-7H2,(H,17,22)(H,18,21). The first-order chi connectivity index (χ1) is 11.8. The molecule has 1 aromatic carbocycles. The number of amides is 2. The van der Waals surface area contributed by atoms with Gasteiger partial charge in [-0.1, -0.05) is 6.08 Å². The molecule has 4 N–H and O–H groups in total. The number of hydrogen-bond acceptors (Lipinski definition) is 6. The predicted octanol–water partition coefficient (Wildman–Crippen LogP) is -0.681. The molecule has 25 heavy (non-hydrogen) atoms. The molecule has 0 atom stereocenters. The van der Waals surface area contributed by atoms with Crippen LogP contribution >= 0.6 is 0 Å². The van der Waals surface area contributed by atoms with E-state index in [1.54, 1.807) is 4.72 Å². The number of phenolic OH excluding ortho intramolecular Hbond substituents is 1. The summed E-state index contributed by atoms with van der Waals surface area (Å²) in [5.74, 6) is -3.39. The van der Waals surface area contributed by atoms with Crippen LogP contribution < -0.4 is 19.7 Å². The van der Waals surface area contributed by atoms with Crippen LogP contribution in [-0.4, -0.2) is 45.0 Å². The molecule has 0 radical (unpaired) electrons. The van der Waals surface area contributed by atoms with Gasteiger partial charge in [0, 0.05) is 17.8 Å². The molecule has 2 aliphatic heterocycles. The first-order valence-corrected chi connectivity index (χ1v) is 8.79. The van der Waals surface area contributed by atoms with Crippen LogP contribution in [0.25, 0.3) is 0 Å². The minimum absolute atomic E-state index is 0.180. The van der Waals surface area contributed by atoms with E-state index in [0.29, 0.717) is 16.5 Å². The van der Waals surface area contributed by atoms with Crippen LogP contribution in [0.3, 0.4) is 0 Å². The quantitative estimate of drug-likeness (QED) is 0.558. The smallest absolute Gasteiger partial charge is 0.326 e. The molecular weight excluding hydrogens is 355 g/mol. The molecule has 2 heterocycles. The Bertz CT molecular complexity index is 860. The summed E-state index contributed by atoms with van der Waals surface area (Å²) in [6.45, 7) is 0.593. The molecule has 2 amide bonds. The maximum absolute atomic E-state index is 14.4. The molecule has 0 spiro atoms. The first-order valence-electron chi connectivity index (χ1n) is 7.35. The lowest BCUT2D eigenvalue weighted by molar-refractivity contribution is -0.117. The van der Waals surface area contributed by atoms with Gasteiger partial charge in [-0.05, 0) is 25.1 Å². The lowest BCUT2D eigenvalue weighted by Crippen LogP contribution is -2.33. The number of rotatable bonds is 3. The molecule has 2 aliphatic rings. The third kappa shape index (κ3) is 3.42. The van der Waals surface area contributed by atoms with E-state index >= 15 is 0 Å². The fourth-order valence-electron chi connectivity index (χ4n) is 2.57. The van der Waals surface area contributed by atoms with E-state index < -0.39 is 45.8 Å². The molecule has 9 nitrogen and oxygen atoms in total. The van der Waals surface area contributed by atoms with Crippen LogP contribution in [0, 0.1) is 5.82 Å². The molecule has 0 aromatic heterocycles. The van der Waals surface area contributed by atoms with Gasteiger partial charge < -0.3 is 15.7 Å². The fourth-order valence-corrected chi connectivity index (χ4v) is 3.74. The fraction of sp³-hybridized carbons (Fsp3) is 0.286. The van der Waals surface area contributed by atoms with Crippen molar-refractivity contribution in [2.24, 2.45) is 0 Å². The average Bonchev–Trinajstić information content (AvgIpc) is 2.80. The number of benzene rings is 1. The Kier molecular flexibility index (Phi) is 4.35. The van der Waals surface area contributed by atoms with E-state index in [-0.39, 0.29) is 5.56 Å². The molecule has 0 aliphatic carbocycles. The van der Waals surface area contributed by atoms with Gasteiger partial charge in [-0.2, -0.15) is 8.42 Å². The Morgan fingerprint density at radius 2 is 2.12 bits per heavy atom. The van der Waals surface area contributed by atoms with Gasteiger partial charge in [0.05, 0.1) is 0 Å². The Balaban J connectivity index is 1.89. The zero-order valence-electron chi connectivity index (χ0n) is 12.9. The summed E-state index contributed by atoms with van der Waals surface area (Å²) in [5.41, 5.74) is -0.244. The summed E-state index contributed by atoms with van der Waals surface area (Å²) in [6.07, 6.45) is 2.56. The van der Waals surface area contributed by atoms with Crippen molar-refractivity contribution < 1.29 is 27.5 Å². The molecule has 0 bridgehead atoms. The minimum Gasteiger partial charge on any atom is -0.506 e. The highest BCUT2D eigenvalue weighted by Crippen LogP contribution is 2.34. The molecule has 1 saturated heterocycles. The van der Waals surface area contributed by atoms with E-state index in [2.05, 4.69) is 10.6 Å². The van der Waals surface area contributed by atoms with E-state index in [4.69, 9.17) is 0 Å². The summed E-state index contributed by atoms with van der Waals surface area (Å²) in [5, 5.41) is 15.7. The number of anilines is 1. The summed E-state index contributed by atoms with van der Waals surface area (Å²) in [4.78, 5) is 23.4. The van der Waals surface area contributed by atoms with Crippen molar-refractivity contribution in [3.05, 3.63) is 35.3 Å². The Labute approximate surface area is 142 Å². The van der Waals surface area contributed by atoms with Crippen molar-refractivity contribution in [2.75, 3.05) is 23.9 Å². The van der Waals surface area contributed by atoms with Gasteiger partial charge in [0.25, 0.3) is 11.8 Å². The van der Waals surface area contributed by atoms with Crippen molar-refractivity contribution >= 4 is 27.7 Å². The second kappa shape index (κ2) is 6.33. The number of carbonyl (C=O) groups is 2. The molecule has 134 valence electrons. The van der Waals surface area contributed by atoms with Crippen LogP contribution in [0.15, 0.2) is 23.9 Å². The molecule has 1 fully saturated rings. The normalized spacial score (nSPS) is 19.3. The number of aromatic hydroxyl groups is 1. The van der Waals surface area contributed by atoms with Crippen molar-refractivity contribution in [3.63, 3.8) is 0 Å². The van der Waals surface area contributed by atoms with Crippen LogP contribution in [0.2, 0.25) is 0 Å². The summed E-state index contributed by atoms with van der Waals surface area (Å²) in [7, 11) is -4.27. The van der Waals surface area contributed by atoms with Crippen LogP contribution in [-0.2, 0) is 15.0 Å². The van der Waals surface area contributed by atoms with E-state index in [0.717, 1.165) is 25.1 Å². The van der Waals surface area contributed by atoms with Crippen LogP contribution in [0.1, 0.15) is 16.8 Å². The zero-order valence-corrected chi connectivity index (χ0v) is 13.7. The largest absolute Gasteiger partial charge is 0.506 e. The second-order valence-electron chi connectivity index (χ2n) is 5.51.